The lowest BCUT2D eigenvalue weighted by Crippen LogP contribution is -2.39. The van der Waals surface area contributed by atoms with Gasteiger partial charge in [-0.3, -0.25) is 10.1 Å². The van der Waals surface area contributed by atoms with E-state index in [0.29, 0.717) is 6.54 Å². The van der Waals surface area contributed by atoms with Gasteiger partial charge in [-0.1, -0.05) is 0 Å². The predicted molar refractivity (Wildman–Crippen MR) is 62.0 cm³/mol. The molecule has 0 aliphatic rings. The number of anilines is 1. The maximum Gasteiger partial charge on any atom is 0.372 e. The number of nitrogens with one attached hydrogen (secondary N) is 1. The van der Waals surface area contributed by atoms with Crippen molar-refractivity contribution in [2.45, 2.75) is 19.4 Å². The first kappa shape index (κ1) is 13.1. The maximum atomic E-state index is 10.9. The van der Waals surface area contributed by atoms with Gasteiger partial charge in [0.2, 0.25) is 5.82 Å². The molecular weight excluding hydrogens is 226 g/mol. The molecule has 1 aromatic heterocycles. The standard InChI is InChI=1S/C9H15N5O3/c1-9(2,4-10)13-7-6(14(15)16)8(17-3)12-5-11-7/h5H,4,10H2,1-3H3,(H,11,12,13). The molecule has 0 bridgehead atoms. The third-order valence-electron chi connectivity index (χ3n) is 2.13. The molecule has 0 amide bonds. The summed E-state index contributed by atoms with van der Waals surface area (Å²) in [6.07, 6.45) is 1.20. The molecule has 0 aromatic carbocycles. The summed E-state index contributed by atoms with van der Waals surface area (Å²) in [7, 11) is 1.31. The molecule has 0 spiro atoms. The van der Waals surface area contributed by atoms with Crippen LogP contribution in [-0.4, -0.2) is 34.1 Å². The molecule has 0 fully saturated rings. The maximum absolute atomic E-state index is 10.9. The summed E-state index contributed by atoms with van der Waals surface area (Å²) in [4.78, 5) is 17.9. The van der Waals surface area contributed by atoms with Crippen LogP contribution >= 0.6 is 0 Å². The first-order chi connectivity index (χ1) is 7.91. The minimum Gasteiger partial charge on any atom is -0.476 e. The van der Waals surface area contributed by atoms with Crippen molar-refractivity contribution in [3.63, 3.8) is 0 Å². The van der Waals surface area contributed by atoms with Crippen molar-refractivity contribution >= 4 is 11.5 Å². The molecule has 0 unspecified atom stereocenters. The van der Waals surface area contributed by atoms with E-state index in [0.717, 1.165) is 0 Å². The van der Waals surface area contributed by atoms with Crippen LogP contribution in [0.3, 0.4) is 0 Å². The zero-order chi connectivity index (χ0) is 13.1. The van der Waals surface area contributed by atoms with Gasteiger partial charge in [-0.15, -0.1) is 0 Å². The lowest BCUT2D eigenvalue weighted by atomic mass is 10.1. The molecule has 0 aliphatic heterocycles. The third-order valence-corrected chi connectivity index (χ3v) is 2.13. The Morgan fingerprint density at radius 2 is 2.24 bits per heavy atom. The van der Waals surface area contributed by atoms with Gasteiger partial charge >= 0.3 is 5.69 Å². The Bertz CT molecular complexity index is 421. The van der Waals surface area contributed by atoms with Gasteiger partial charge in [0.05, 0.1) is 12.0 Å². The summed E-state index contributed by atoms with van der Waals surface area (Å²) < 4.78 is 4.83. The van der Waals surface area contributed by atoms with E-state index in [1.165, 1.54) is 13.4 Å². The zero-order valence-electron chi connectivity index (χ0n) is 9.93. The third kappa shape index (κ3) is 3.00. The molecular formula is C9H15N5O3. The molecule has 1 rings (SSSR count). The number of hydrogen-bond acceptors (Lipinski definition) is 7. The Hall–Kier alpha value is -1.96. The van der Waals surface area contributed by atoms with Gasteiger partial charge < -0.3 is 15.8 Å². The van der Waals surface area contributed by atoms with Crippen LogP contribution in [0.15, 0.2) is 6.33 Å². The second-order valence-corrected chi connectivity index (χ2v) is 4.05. The van der Waals surface area contributed by atoms with Crippen molar-refractivity contribution in [2.75, 3.05) is 19.0 Å². The van der Waals surface area contributed by atoms with Crippen LogP contribution in [0.2, 0.25) is 0 Å². The van der Waals surface area contributed by atoms with Crippen molar-refractivity contribution in [3.05, 3.63) is 16.4 Å². The lowest BCUT2D eigenvalue weighted by molar-refractivity contribution is -0.385. The summed E-state index contributed by atoms with van der Waals surface area (Å²) in [5, 5.41) is 13.8. The van der Waals surface area contributed by atoms with Crippen LogP contribution < -0.4 is 15.8 Å². The van der Waals surface area contributed by atoms with E-state index in [4.69, 9.17) is 10.5 Å². The van der Waals surface area contributed by atoms with Crippen molar-refractivity contribution in [3.8, 4) is 5.88 Å². The highest BCUT2D eigenvalue weighted by Gasteiger charge is 2.27. The first-order valence-corrected chi connectivity index (χ1v) is 4.93. The lowest BCUT2D eigenvalue weighted by Gasteiger charge is -2.24. The molecule has 0 radical (unpaired) electrons. The molecule has 8 nitrogen and oxygen atoms in total. The molecule has 8 heteroatoms. The quantitative estimate of drug-likeness (QED) is 0.570. The number of rotatable bonds is 5. The highest BCUT2D eigenvalue weighted by atomic mass is 16.6. The summed E-state index contributed by atoms with van der Waals surface area (Å²) in [5.41, 5.74) is 4.74. The monoisotopic (exact) mass is 241 g/mol. The number of nitrogens with zero attached hydrogens (tertiary/aromatic N) is 3. The topological polar surface area (TPSA) is 116 Å². The average molecular weight is 241 g/mol. The van der Waals surface area contributed by atoms with Gasteiger partial charge in [0.1, 0.15) is 6.33 Å². The normalized spacial score (nSPS) is 11.1. The van der Waals surface area contributed by atoms with Gasteiger partial charge in [0.25, 0.3) is 5.88 Å². The number of hydrogen-bond donors (Lipinski definition) is 2. The molecule has 0 aliphatic carbocycles. The molecule has 3 N–H and O–H groups in total. The first-order valence-electron chi connectivity index (χ1n) is 4.93. The molecule has 1 aromatic rings. The minimum absolute atomic E-state index is 0.0830. The van der Waals surface area contributed by atoms with Crippen molar-refractivity contribution < 1.29 is 9.66 Å². The van der Waals surface area contributed by atoms with E-state index >= 15 is 0 Å². The van der Waals surface area contributed by atoms with Crippen molar-refractivity contribution in [1.82, 2.24) is 9.97 Å². The average Bonchev–Trinajstić information content (AvgIpc) is 2.27. The van der Waals surface area contributed by atoms with Crippen LogP contribution in [-0.2, 0) is 0 Å². The van der Waals surface area contributed by atoms with E-state index in [2.05, 4.69) is 15.3 Å². The highest BCUT2D eigenvalue weighted by molar-refractivity contribution is 5.62. The van der Waals surface area contributed by atoms with E-state index in [1.54, 1.807) is 0 Å². The largest absolute Gasteiger partial charge is 0.476 e. The molecule has 17 heavy (non-hydrogen) atoms. The van der Waals surface area contributed by atoms with Crippen LogP contribution in [0.25, 0.3) is 0 Å². The molecule has 0 saturated heterocycles. The fourth-order valence-electron chi connectivity index (χ4n) is 1.14. The van der Waals surface area contributed by atoms with Gasteiger partial charge in [0, 0.05) is 12.1 Å². The fourth-order valence-corrected chi connectivity index (χ4v) is 1.14. The number of aromatic nitrogens is 2. The van der Waals surface area contributed by atoms with E-state index in [1.807, 2.05) is 13.8 Å². The summed E-state index contributed by atoms with van der Waals surface area (Å²) in [5.74, 6) is 0.0117. The van der Waals surface area contributed by atoms with Crippen LogP contribution in [0.1, 0.15) is 13.8 Å². The zero-order valence-corrected chi connectivity index (χ0v) is 9.93. The smallest absolute Gasteiger partial charge is 0.372 e. The Labute approximate surface area is 98.4 Å². The van der Waals surface area contributed by atoms with Crippen molar-refractivity contribution in [2.24, 2.45) is 5.73 Å². The second-order valence-electron chi connectivity index (χ2n) is 4.05. The van der Waals surface area contributed by atoms with E-state index in [9.17, 15) is 10.1 Å². The Morgan fingerprint density at radius 3 is 2.71 bits per heavy atom. The number of methoxy groups -OCH3 is 1. The molecule has 94 valence electrons. The van der Waals surface area contributed by atoms with E-state index < -0.39 is 10.5 Å². The fraction of sp³-hybridized carbons (Fsp3) is 0.556. The van der Waals surface area contributed by atoms with Crippen molar-refractivity contribution in [1.29, 1.82) is 0 Å². The van der Waals surface area contributed by atoms with Gasteiger partial charge in [-0.2, -0.15) is 4.98 Å². The van der Waals surface area contributed by atoms with Gasteiger partial charge in [-0.25, -0.2) is 4.98 Å². The predicted octanol–water partition coefficient (Wildman–Crippen LogP) is 0.543. The highest BCUT2D eigenvalue weighted by Crippen LogP contribution is 2.31. The van der Waals surface area contributed by atoms with Crippen LogP contribution in [0, 0.1) is 10.1 Å². The summed E-state index contributed by atoms with van der Waals surface area (Å²) in [6.45, 7) is 3.92. The summed E-state index contributed by atoms with van der Waals surface area (Å²) in [6, 6.07) is 0. The number of ether oxygens (including phenoxy) is 1. The van der Waals surface area contributed by atoms with E-state index in [-0.39, 0.29) is 17.4 Å². The summed E-state index contributed by atoms with van der Waals surface area (Å²) >= 11 is 0. The van der Waals surface area contributed by atoms with Crippen LogP contribution in [0.5, 0.6) is 5.88 Å². The van der Waals surface area contributed by atoms with Crippen LogP contribution in [0.4, 0.5) is 11.5 Å². The Morgan fingerprint density at radius 1 is 1.59 bits per heavy atom. The number of nitro groups is 1. The molecule has 0 saturated carbocycles. The molecule has 1 heterocycles. The molecule has 0 atom stereocenters. The van der Waals surface area contributed by atoms with Gasteiger partial charge in [0.15, 0.2) is 0 Å². The SMILES string of the molecule is COc1ncnc(NC(C)(C)CN)c1[N+](=O)[O-]. The minimum atomic E-state index is -0.590. The Balaban J connectivity index is 3.19. The second kappa shape index (κ2) is 4.91. The van der Waals surface area contributed by atoms with Gasteiger partial charge in [-0.05, 0) is 13.8 Å². The number of nitrogens with two attached hydrogens (primary N) is 1. The Kier molecular flexibility index (Phi) is 3.79.